The molecule has 0 amide bonds. The SMILES string of the molecule is CCCOc1ncnc(Sc2nnc(SC)s2)c1N. The molecular weight excluding hydrogens is 302 g/mol. The van der Waals surface area contributed by atoms with Crippen LogP contribution in [0.2, 0.25) is 0 Å². The Morgan fingerprint density at radius 3 is 2.79 bits per heavy atom. The van der Waals surface area contributed by atoms with Crippen molar-refractivity contribution in [3.05, 3.63) is 6.33 Å². The van der Waals surface area contributed by atoms with Crippen molar-refractivity contribution in [1.29, 1.82) is 0 Å². The minimum absolute atomic E-state index is 0.425. The van der Waals surface area contributed by atoms with Crippen molar-refractivity contribution in [2.45, 2.75) is 27.0 Å². The monoisotopic (exact) mass is 315 g/mol. The van der Waals surface area contributed by atoms with Crippen LogP contribution in [0.1, 0.15) is 13.3 Å². The lowest BCUT2D eigenvalue weighted by atomic mass is 10.5. The fourth-order valence-corrected chi connectivity index (χ4v) is 3.51. The Morgan fingerprint density at radius 1 is 1.32 bits per heavy atom. The van der Waals surface area contributed by atoms with E-state index in [0.29, 0.717) is 23.2 Å². The van der Waals surface area contributed by atoms with Gasteiger partial charge in [-0.2, -0.15) is 4.98 Å². The first-order chi connectivity index (χ1) is 9.24. The first kappa shape index (κ1) is 14.4. The van der Waals surface area contributed by atoms with Gasteiger partial charge in [-0.05, 0) is 24.4 Å². The van der Waals surface area contributed by atoms with Crippen molar-refractivity contribution in [3.8, 4) is 5.88 Å². The maximum atomic E-state index is 5.99. The van der Waals surface area contributed by atoms with E-state index in [-0.39, 0.29) is 0 Å². The van der Waals surface area contributed by atoms with Crippen LogP contribution in [-0.2, 0) is 0 Å². The molecule has 0 aromatic carbocycles. The van der Waals surface area contributed by atoms with Gasteiger partial charge in [-0.3, -0.25) is 0 Å². The van der Waals surface area contributed by atoms with Crippen LogP contribution in [-0.4, -0.2) is 33.0 Å². The highest BCUT2D eigenvalue weighted by Crippen LogP contribution is 2.36. The summed E-state index contributed by atoms with van der Waals surface area (Å²) in [5, 5.41) is 8.74. The molecule has 2 aromatic heterocycles. The molecule has 0 fully saturated rings. The molecule has 102 valence electrons. The number of hydrogen-bond donors (Lipinski definition) is 1. The highest BCUT2D eigenvalue weighted by atomic mass is 32.2. The Morgan fingerprint density at radius 2 is 2.11 bits per heavy atom. The molecule has 0 unspecified atom stereocenters. The highest BCUT2D eigenvalue weighted by Gasteiger charge is 2.13. The second kappa shape index (κ2) is 6.92. The fourth-order valence-electron chi connectivity index (χ4n) is 1.16. The number of hydrogen-bond acceptors (Lipinski definition) is 9. The zero-order valence-electron chi connectivity index (χ0n) is 10.5. The van der Waals surface area contributed by atoms with Crippen LogP contribution in [0, 0.1) is 0 Å². The first-order valence-corrected chi connectivity index (χ1v) is 8.39. The van der Waals surface area contributed by atoms with E-state index in [1.165, 1.54) is 29.4 Å². The Hall–Kier alpha value is -1.06. The lowest BCUT2D eigenvalue weighted by Gasteiger charge is -2.08. The quantitative estimate of drug-likeness (QED) is 0.643. The van der Waals surface area contributed by atoms with E-state index in [9.17, 15) is 0 Å². The van der Waals surface area contributed by atoms with Gasteiger partial charge in [0.2, 0.25) is 5.88 Å². The summed E-state index contributed by atoms with van der Waals surface area (Å²) < 4.78 is 7.18. The van der Waals surface area contributed by atoms with Gasteiger partial charge in [-0.1, -0.05) is 30.0 Å². The summed E-state index contributed by atoms with van der Waals surface area (Å²) in [7, 11) is 0. The minimum Gasteiger partial charge on any atom is -0.476 e. The predicted molar refractivity (Wildman–Crippen MR) is 78.0 cm³/mol. The average Bonchev–Trinajstić information content (AvgIpc) is 2.87. The van der Waals surface area contributed by atoms with Crippen molar-refractivity contribution >= 4 is 40.5 Å². The Kier molecular flexibility index (Phi) is 5.23. The van der Waals surface area contributed by atoms with E-state index in [1.807, 2.05) is 13.2 Å². The number of anilines is 1. The van der Waals surface area contributed by atoms with Crippen LogP contribution in [0.5, 0.6) is 5.88 Å². The maximum absolute atomic E-state index is 5.99. The van der Waals surface area contributed by atoms with Crippen LogP contribution in [0.25, 0.3) is 0 Å². The number of rotatable bonds is 6. The largest absolute Gasteiger partial charge is 0.476 e. The Labute approximate surface area is 123 Å². The summed E-state index contributed by atoms with van der Waals surface area (Å²) in [6, 6.07) is 0. The molecule has 0 aliphatic rings. The van der Waals surface area contributed by atoms with E-state index in [0.717, 1.165) is 15.1 Å². The zero-order valence-corrected chi connectivity index (χ0v) is 12.9. The molecule has 2 N–H and O–H groups in total. The zero-order chi connectivity index (χ0) is 13.7. The van der Waals surface area contributed by atoms with Gasteiger partial charge in [0.05, 0.1) is 6.61 Å². The Balaban J connectivity index is 2.15. The van der Waals surface area contributed by atoms with Gasteiger partial charge in [0.25, 0.3) is 0 Å². The third-order valence-corrected chi connectivity index (χ3v) is 4.97. The van der Waals surface area contributed by atoms with Crippen LogP contribution in [0.15, 0.2) is 20.0 Å². The van der Waals surface area contributed by atoms with E-state index in [1.54, 1.807) is 11.8 Å². The summed E-state index contributed by atoms with van der Waals surface area (Å²) in [5.74, 6) is 0.425. The number of aromatic nitrogens is 4. The van der Waals surface area contributed by atoms with E-state index in [2.05, 4.69) is 20.2 Å². The molecule has 2 heterocycles. The summed E-state index contributed by atoms with van der Waals surface area (Å²) in [6.45, 7) is 2.61. The second-order valence-corrected chi connectivity index (χ2v) is 6.65. The lowest BCUT2D eigenvalue weighted by molar-refractivity contribution is 0.305. The van der Waals surface area contributed by atoms with E-state index >= 15 is 0 Å². The van der Waals surface area contributed by atoms with E-state index < -0.39 is 0 Å². The molecule has 6 nitrogen and oxygen atoms in total. The molecule has 2 aromatic rings. The number of ether oxygens (including phenoxy) is 1. The van der Waals surface area contributed by atoms with Crippen molar-refractivity contribution < 1.29 is 4.74 Å². The molecular formula is C10H13N5OS3. The first-order valence-electron chi connectivity index (χ1n) is 5.53. The molecule has 0 bridgehead atoms. The van der Waals surface area contributed by atoms with Gasteiger partial charge in [-0.25, -0.2) is 4.98 Å². The third kappa shape index (κ3) is 3.71. The van der Waals surface area contributed by atoms with E-state index in [4.69, 9.17) is 10.5 Å². The van der Waals surface area contributed by atoms with Gasteiger partial charge >= 0.3 is 0 Å². The second-order valence-electron chi connectivity index (χ2n) is 3.39. The fraction of sp³-hybridized carbons (Fsp3) is 0.400. The molecule has 0 radical (unpaired) electrons. The highest BCUT2D eigenvalue weighted by molar-refractivity contribution is 8.03. The van der Waals surface area contributed by atoms with Crippen molar-refractivity contribution in [1.82, 2.24) is 20.2 Å². The van der Waals surface area contributed by atoms with Crippen LogP contribution in [0.4, 0.5) is 5.69 Å². The maximum Gasteiger partial charge on any atom is 0.241 e. The molecule has 0 saturated heterocycles. The summed E-state index contributed by atoms with van der Waals surface area (Å²) in [6.07, 6.45) is 4.31. The third-order valence-electron chi connectivity index (χ3n) is 2.00. The molecule has 0 atom stereocenters. The molecule has 2 rings (SSSR count). The number of thioether (sulfide) groups is 1. The molecule has 0 saturated carbocycles. The molecule has 9 heteroatoms. The minimum atomic E-state index is 0.425. The van der Waals surface area contributed by atoms with Crippen LogP contribution < -0.4 is 10.5 Å². The van der Waals surface area contributed by atoms with Gasteiger partial charge in [0.1, 0.15) is 17.0 Å². The molecule has 0 aliphatic carbocycles. The van der Waals surface area contributed by atoms with Gasteiger partial charge < -0.3 is 10.5 Å². The Bertz CT molecular complexity index is 548. The number of nitrogens with zero attached hydrogens (tertiary/aromatic N) is 4. The number of nitrogens with two attached hydrogens (primary N) is 1. The lowest BCUT2D eigenvalue weighted by Crippen LogP contribution is -2.03. The number of nitrogen functional groups attached to an aromatic ring is 1. The van der Waals surface area contributed by atoms with Crippen LogP contribution in [0.3, 0.4) is 0 Å². The predicted octanol–water partition coefficient (Wildman–Crippen LogP) is 2.57. The van der Waals surface area contributed by atoms with Crippen molar-refractivity contribution in [3.63, 3.8) is 0 Å². The standard InChI is InChI=1S/C10H13N5OS3/c1-3-4-16-7-6(11)8(13-5-12-7)18-10-15-14-9(17-2)19-10/h5H,3-4,11H2,1-2H3. The van der Waals surface area contributed by atoms with Gasteiger partial charge in [0.15, 0.2) is 8.68 Å². The summed E-state index contributed by atoms with van der Waals surface area (Å²) >= 11 is 4.44. The smallest absolute Gasteiger partial charge is 0.241 e. The topological polar surface area (TPSA) is 86.8 Å². The summed E-state index contributed by atoms with van der Waals surface area (Å²) in [4.78, 5) is 8.19. The molecule has 0 aliphatic heterocycles. The van der Waals surface area contributed by atoms with Gasteiger partial charge in [0, 0.05) is 0 Å². The van der Waals surface area contributed by atoms with Crippen LogP contribution >= 0.6 is 34.9 Å². The van der Waals surface area contributed by atoms with Crippen molar-refractivity contribution in [2.24, 2.45) is 0 Å². The van der Waals surface area contributed by atoms with Crippen molar-refractivity contribution in [2.75, 3.05) is 18.6 Å². The molecule has 19 heavy (non-hydrogen) atoms. The summed E-state index contributed by atoms with van der Waals surface area (Å²) in [5.41, 5.74) is 6.44. The molecule has 0 spiro atoms. The van der Waals surface area contributed by atoms with Gasteiger partial charge in [-0.15, -0.1) is 10.2 Å². The average molecular weight is 315 g/mol. The normalized spacial score (nSPS) is 10.6.